The largest absolute Gasteiger partial charge is 0.121 e. The minimum atomic E-state index is 0.414. The van der Waals surface area contributed by atoms with Crippen LogP contribution in [0.3, 0.4) is 0 Å². The van der Waals surface area contributed by atoms with E-state index >= 15 is 0 Å². The number of hydrogen-bond acceptors (Lipinski definition) is 0. The summed E-state index contributed by atoms with van der Waals surface area (Å²) in [5.74, 6) is 1.07. The molecule has 0 nitrogen and oxygen atoms in total. The van der Waals surface area contributed by atoms with Crippen LogP contribution in [-0.4, -0.2) is 16.0 Å². The Kier molecular flexibility index (Phi) is 9.21. The summed E-state index contributed by atoms with van der Waals surface area (Å²) in [5, 5.41) is 1.60. The van der Waals surface area contributed by atoms with Crippen molar-refractivity contribution in [1.82, 2.24) is 0 Å². The van der Waals surface area contributed by atoms with Crippen molar-refractivity contribution < 1.29 is 0 Å². The summed E-state index contributed by atoms with van der Waals surface area (Å²) in [6.07, 6.45) is 2.11. The highest BCUT2D eigenvalue weighted by Gasteiger charge is 2.11. The lowest BCUT2D eigenvalue weighted by Crippen LogP contribution is -2.07. The molecule has 0 rings (SSSR count). The van der Waals surface area contributed by atoms with Gasteiger partial charge in [-0.2, -0.15) is 0 Å². The summed E-state index contributed by atoms with van der Waals surface area (Å²) in [5.41, 5.74) is 1.21. The second kappa shape index (κ2) is 8.43. The maximum absolute atomic E-state index is 6.00. The summed E-state index contributed by atoms with van der Waals surface area (Å²) in [4.78, 5) is 0.552. The van der Waals surface area contributed by atoms with Crippen LogP contribution in [0, 0.1) is 5.92 Å². The Hall–Kier alpha value is 1.28. The molecule has 0 aromatic carbocycles. The number of hydrogen-bond donors (Lipinski definition) is 0. The van der Waals surface area contributed by atoms with Crippen LogP contribution in [0.1, 0.15) is 26.7 Å². The second-order valence-electron chi connectivity index (χ2n) is 3.57. The van der Waals surface area contributed by atoms with Crippen LogP contribution in [0.15, 0.2) is 10.6 Å². The maximum atomic E-state index is 6.00. The maximum Gasteiger partial charge on any atom is 0.0581 e. The Morgan fingerprint density at radius 3 is 2.29 bits per heavy atom. The van der Waals surface area contributed by atoms with Crippen LogP contribution in [0.25, 0.3) is 0 Å². The molecule has 0 aromatic heterocycles. The van der Waals surface area contributed by atoms with Gasteiger partial charge >= 0.3 is 0 Å². The van der Waals surface area contributed by atoms with Crippen molar-refractivity contribution in [2.45, 2.75) is 31.5 Å². The molecule has 0 spiro atoms. The fourth-order valence-corrected chi connectivity index (χ4v) is 2.37. The van der Waals surface area contributed by atoms with Crippen LogP contribution in [0.2, 0.25) is 0 Å². The minimum absolute atomic E-state index is 0.414. The van der Waals surface area contributed by atoms with Crippen LogP contribution in [-0.2, 0) is 0 Å². The van der Waals surface area contributed by atoms with Gasteiger partial charge in [-0.25, -0.2) is 0 Å². The second-order valence-corrected chi connectivity index (χ2v) is 6.03. The third kappa shape index (κ3) is 5.99. The summed E-state index contributed by atoms with van der Waals surface area (Å²) in [7, 11) is 0. The van der Waals surface area contributed by atoms with Gasteiger partial charge < -0.3 is 0 Å². The number of alkyl halides is 3. The Labute approximate surface area is 114 Å². The molecule has 0 aliphatic heterocycles. The Bertz CT molecular complexity index is 191. The quantitative estimate of drug-likeness (QED) is 0.558. The van der Waals surface area contributed by atoms with E-state index < -0.39 is 0 Å². The van der Waals surface area contributed by atoms with Crippen molar-refractivity contribution in [1.29, 1.82) is 0 Å². The predicted octanol–water partition coefficient (Wildman–Crippen LogP) is 5.31. The van der Waals surface area contributed by atoms with E-state index in [1.807, 2.05) is 0 Å². The van der Waals surface area contributed by atoms with Crippen molar-refractivity contribution in [3.63, 3.8) is 0 Å². The molecular formula is C10H16Br2Cl2. The molecule has 1 atom stereocenters. The van der Waals surface area contributed by atoms with E-state index in [9.17, 15) is 0 Å². The molecular weight excluding hydrogens is 351 g/mol. The number of halogens is 4. The van der Waals surface area contributed by atoms with E-state index in [0.29, 0.717) is 16.6 Å². The Morgan fingerprint density at radius 1 is 1.36 bits per heavy atom. The highest BCUT2D eigenvalue weighted by Crippen LogP contribution is 2.24. The standard InChI is InChI=1S/C10H16Br2Cl2/c1-7(2)9(12)4-3-8(5-11)10(14)6-13/h7,9H,3-6H2,1-2H3/b10-8+. The first-order valence-corrected chi connectivity index (χ1v) is 7.60. The van der Waals surface area contributed by atoms with Gasteiger partial charge in [0, 0.05) is 15.2 Å². The van der Waals surface area contributed by atoms with Gasteiger partial charge in [0.2, 0.25) is 0 Å². The molecule has 0 N–H and O–H groups in total. The van der Waals surface area contributed by atoms with Gasteiger partial charge in [0.05, 0.1) is 5.88 Å². The zero-order chi connectivity index (χ0) is 11.1. The van der Waals surface area contributed by atoms with Gasteiger partial charge in [-0.05, 0) is 24.3 Å². The van der Waals surface area contributed by atoms with Gasteiger partial charge in [0.25, 0.3) is 0 Å². The lowest BCUT2D eigenvalue weighted by molar-refractivity contribution is 0.580. The highest BCUT2D eigenvalue weighted by molar-refractivity contribution is 9.09. The third-order valence-electron chi connectivity index (χ3n) is 2.11. The SMILES string of the molecule is CC(C)C(Br)CC/C(CBr)=C(\Cl)CCl. The summed E-state index contributed by atoms with van der Waals surface area (Å²) >= 11 is 18.8. The Balaban J connectivity index is 4.09. The number of rotatable bonds is 6. The predicted molar refractivity (Wildman–Crippen MR) is 74.2 cm³/mol. The zero-order valence-electron chi connectivity index (χ0n) is 8.49. The van der Waals surface area contributed by atoms with Crippen LogP contribution in [0.5, 0.6) is 0 Å². The average molecular weight is 367 g/mol. The van der Waals surface area contributed by atoms with E-state index in [2.05, 4.69) is 45.7 Å². The van der Waals surface area contributed by atoms with Crippen molar-refractivity contribution in [2.24, 2.45) is 5.92 Å². The van der Waals surface area contributed by atoms with Crippen molar-refractivity contribution in [2.75, 3.05) is 11.2 Å². The molecule has 0 saturated carbocycles. The fourth-order valence-electron chi connectivity index (χ4n) is 1.01. The molecule has 0 radical (unpaired) electrons. The summed E-state index contributed by atoms with van der Waals surface area (Å²) in [6.45, 7) is 4.42. The molecule has 14 heavy (non-hydrogen) atoms. The number of allylic oxidation sites excluding steroid dienone is 2. The lowest BCUT2D eigenvalue weighted by atomic mass is 10.0. The smallest absolute Gasteiger partial charge is 0.0581 e. The van der Waals surface area contributed by atoms with Gasteiger partial charge in [-0.15, -0.1) is 11.6 Å². The van der Waals surface area contributed by atoms with E-state index in [1.54, 1.807) is 0 Å². The molecule has 0 fully saturated rings. The molecule has 0 aliphatic rings. The van der Waals surface area contributed by atoms with Crippen molar-refractivity contribution >= 4 is 55.1 Å². The van der Waals surface area contributed by atoms with Crippen molar-refractivity contribution in [3.8, 4) is 0 Å². The molecule has 84 valence electrons. The fraction of sp³-hybridized carbons (Fsp3) is 0.800. The van der Waals surface area contributed by atoms with E-state index in [-0.39, 0.29) is 0 Å². The monoisotopic (exact) mass is 364 g/mol. The first-order valence-electron chi connectivity index (χ1n) is 4.65. The molecule has 0 aromatic rings. The average Bonchev–Trinajstić information content (AvgIpc) is 2.17. The van der Waals surface area contributed by atoms with Gasteiger partial charge in [-0.3, -0.25) is 0 Å². The molecule has 4 heteroatoms. The van der Waals surface area contributed by atoms with E-state index in [1.165, 1.54) is 5.57 Å². The van der Waals surface area contributed by atoms with Gasteiger partial charge in [0.15, 0.2) is 0 Å². The van der Waals surface area contributed by atoms with Gasteiger partial charge in [0.1, 0.15) is 0 Å². The van der Waals surface area contributed by atoms with Crippen LogP contribution >= 0.6 is 55.1 Å². The van der Waals surface area contributed by atoms with Crippen LogP contribution in [0.4, 0.5) is 0 Å². The third-order valence-corrected chi connectivity index (χ3v) is 5.10. The van der Waals surface area contributed by atoms with E-state index in [4.69, 9.17) is 23.2 Å². The van der Waals surface area contributed by atoms with Crippen LogP contribution < -0.4 is 0 Å². The van der Waals surface area contributed by atoms with Crippen molar-refractivity contribution in [3.05, 3.63) is 10.6 Å². The van der Waals surface area contributed by atoms with Gasteiger partial charge in [-0.1, -0.05) is 57.3 Å². The summed E-state index contributed by atoms with van der Waals surface area (Å²) < 4.78 is 0. The minimum Gasteiger partial charge on any atom is -0.121 e. The molecule has 0 heterocycles. The topological polar surface area (TPSA) is 0 Å². The first kappa shape index (κ1) is 15.3. The molecule has 0 saturated heterocycles. The molecule has 0 amide bonds. The lowest BCUT2D eigenvalue weighted by Gasteiger charge is -2.14. The zero-order valence-corrected chi connectivity index (χ0v) is 13.2. The normalized spacial score (nSPS) is 15.6. The Morgan fingerprint density at radius 2 is 1.93 bits per heavy atom. The molecule has 1 unspecified atom stereocenters. The molecule has 0 aliphatic carbocycles. The highest BCUT2D eigenvalue weighted by atomic mass is 79.9. The van der Waals surface area contributed by atoms with E-state index in [0.717, 1.165) is 23.2 Å². The molecule has 0 bridgehead atoms. The first-order chi connectivity index (χ1) is 6.52. The summed E-state index contributed by atoms with van der Waals surface area (Å²) in [6, 6.07) is 0.